The molecule has 1 amide bonds. The van der Waals surface area contributed by atoms with Gasteiger partial charge in [0.2, 0.25) is 15.9 Å². The van der Waals surface area contributed by atoms with Crippen LogP contribution < -0.4 is 9.62 Å². The van der Waals surface area contributed by atoms with Crippen LogP contribution in [-0.4, -0.2) is 71.4 Å². The first-order chi connectivity index (χ1) is 12.9. The van der Waals surface area contributed by atoms with Gasteiger partial charge in [-0.3, -0.25) is 14.0 Å². The van der Waals surface area contributed by atoms with E-state index in [2.05, 4.69) is 10.2 Å². The maximum absolute atomic E-state index is 12.4. The number of ether oxygens (including phenoxy) is 1. The second-order valence-electron chi connectivity index (χ2n) is 6.57. The molecule has 3 rings (SSSR count). The van der Waals surface area contributed by atoms with Crippen molar-refractivity contribution in [3.8, 4) is 0 Å². The molecular weight excluding hydrogens is 366 g/mol. The van der Waals surface area contributed by atoms with E-state index in [1.807, 2.05) is 30.3 Å². The molecule has 1 saturated heterocycles. The Morgan fingerprint density at radius 1 is 1.15 bits per heavy atom. The number of hydrogen-bond donors (Lipinski definition) is 1. The van der Waals surface area contributed by atoms with Crippen molar-refractivity contribution >= 4 is 32.4 Å². The average molecular weight is 391 g/mol. The van der Waals surface area contributed by atoms with E-state index in [1.165, 1.54) is 4.31 Å². The molecule has 0 atom stereocenters. The number of anilines is 1. The summed E-state index contributed by atoms with van der Waals surface area (Å²) in [6.07, 6.45) is 1.12. The zero-order valence-electron chi connectivity index (χ0n) is 15.4. The fourth-order valence-electron chi connectivity index (χ4n) is 3.17. The van der Waals surface area contributed by atoms with E-state index in [0.29, 0.717) is 25.4 Å². The summed E-state index contributed by atoms with van der Waals surface area (Å²) in [5.74, 6) is -0.318. The Morgan fingerprint density at radius 2 is 1.85 bits per heavy atom. The van der Waals surface area contributed by atoms with Gasteiger partial charge in [-0.25, -0.2) is 8.42 Å². The summed E-state index contributed by atoms with van der Waals surface area (Å²) in [7, 11) is -3.60. The SMILES string of the molecule is CS(=O)(=O)N(CC(=O)NCCN1CCOCC1)c1cccc2ccccc12. The summed E-state index contributed by atoms with van der Waals surface area (Å²) in [5.41, 5.74) is 0.513. The molecule has 1 fully saturated rings. The average Bonchev–Trinajstić information content (AvgIpc) is 2.66. The van der Waals surface area contributed by atoms with Crippen molar-refractivity contribution < 1.29 is 17.9 Å². The molecule has 0 saturated carbocycles. The normalized spacial score (nSPS) is 15.6. The van der Waals surface area contributed by atoms with Crippen molar-refractivity contribution in [1.29, 1.82) is 0 Å². The van der Waals surface area contributed by atoms with Crippen LogP contribution in [0.5, 0.6) is 0 Å². The molecule has 0 bridgehead atoms. The highest BCUT2D eigenvalue weighted by Gasteiger charge is 2.22. The number of sulfonamides is 1. The molecule has 1 aliphatic heterocycles. The van der Waals surface area contributed by atoms with Gasteiger partial charge in [0.15, 0.2) is 0 Å². The first kappa shape index (κ1) is 19.6. The number of hydrogen-bond acceptors (Lipinski definition) is 5. The molecule has 0 radical (unpaired) electrons. The second-order valence-corrected chi connectivity index (χ2v) is 8.48. The first-order valence-corrected chi connectivity index (χ1v) is 10.8. The summed E-state index contributed by atoms with van der Waals surface area (Å²) in [6.45, 7) is 4.07. The fourth-order valence-corrected chi connectivity index (χ4v) is 4.04. The molecule has 2 aromatic rings. The Balaban J connectivity index is 1.69. The monoisotopic (exact) mass is 391 g/mol. The van der Waals surface area contributed by atoms with Crippen molar-refractivity contribution in [3.63, 3.8) is 0 Å². The summed E-state index contributed by atoms with van der Waals surface area (Å²) in [5, 5.41) is 4.55. The highest BCUT2D eigenvalue weighted by Crippen LogP contribution is 2.28. The van der Waals surface area contributed by atoms with E-state index in [9.17, 15) is 13.2 Å². The van der Waals surface area contributed by atoms with Gasteiger partial charge in [-0.2, -0.15) is 0 Å². The molecule has 0 aromatic heterocycles. The molecule has 1 aliphatic rings. The molecular formula is C19H25N3O4S. The molecule has 0 unspecified atom stereocenters. The van der Waals surface area contributed by atoms with Crippen LogP contribution in [0.4, 0.5) is 5.69 Å². The van der Waals surface area contributed by atoms with Gasteiger partial charge in [-0.15, -0.1) is 0 Å². The maximum Gasteiger partial charge on any atom is 0.240 e. The van der Waals surface area contributed by atoms with E-state index in [1.54, 1.807) is 12.1 Å². The van der Waals surface area contributed by atoms with Gasteiger partial charge in [0.1, 0.15) is 6.54 Å². The van der Waals surface area contributed by atoms with Crippen molar-refractivity contribution in [2.45, 2.75) is 0 Å². The van der Waals surface area contributed by atoms with Crippen molar-refractivity contribution in [3.05, 3.63) is 42.5 Å². The highest BCUT2D eigenvalue weighted by molar-refractivity contribution is 7.92. The molecule has 146 valence electrons. The Bertz CT molecular complexity index is 889. The van der Waals surface area contributed by atoms with Crippen LogP contribution in [0.2, 0.25) is 0 Å². The lowest BCUT2D eigenvalue weighted by atomic mass is 10.1. The minimum atomic E-state index is -3.60. The number of carbonyl (C=O) groups excluding carboxylic acids is 1. The van der Waals surface area contributed by atoms with Gasteiger partial charge >= 0.3 is 0 Å². The minimum Gasteiger partial charge on any atom is -0.379 e. The molecule has 1 N–H and O–H groups in total. The third kappa shape index (κ3) is 5.18. The van der Waals surface area contributed by atoms with Gasteiger partial charge in [0, 0.05) is 31.6 Å². The van der Waals surface area contributed by atoms with Crippen molar-refractivity contribution in [2.24, 2.45) is 0 Å². The molecule has 7 nitrogen and oxygen atoms in total. The standard InChI is InChI=1S/C19H25N3O4S/c1-27(24,25)22(18-8-4-6-16-5-2-3-7-17(16)18)15-19(23)20-9-10-21-11-13-26-14-12-21/h2-8H,9-15H2,1H3,(H,20,23). The number of morpholine rings is 1. The second kappa shape index (κ2) is 8.69. The molecule has 2 aromatic carbocycles. The molecule has 8 heteroatoms. The number of carbonyl (C=O) groups is 1. The van der Waals surface area contributed by atoms with Crippen molar-refractivity contribution in [1.82, 2.24) is 10.2 Å². The maximum atomic E-state index is 12.4. The molecule has 0 spiro atoms. The number of amides is 1. The predicted molar refractivity (Wildman–Crippen MR) is 106 cm³/mol. The van der Waals surface area contributed by atoms with E-state index >= 15 is 0 Å². The lowest BCUT2D eigenvalue weighted by Crippen LogP contribution is -2.44. The number of fused-ring (bicyclic) bond motifs is 1. The van der Waals surface area contributed by atoms with Gasteiger partial charge in [0.05, 0.1) is 25.2 Å². The minimum absolute atomic E-state index is 0.240. The fraction of sp³-hybridized carbons (Fsp3) is 0.421. The predicted octanol–water partition coefficient (Wildman–Crippen LogP) is 1.05. The lowest BCUT2D eigenvalue weighted by Gasteiger charge is -2.27. The van der Waals surface area contributed by atoms with Crippen LogP contribution in [0.15, 0.2) is 42.5 Å². The quantitative estimate of drug-likeness (QED) is 0.763. The molecule has 1 heterocycles. The zero-order valence-corrected chi connectivity index (χ0v) is 16.2. The van der Waals surface area contributed by atoms with E-state index in [0.717, 1.165) is 36.7 Å². The Labute approximate surface area is 159 Å². The van der Waals surface area contributed by atoms with Crippen LogP contribution in [0, 0.1) is 0 Å². The number of nitrogens with one attached hydrogen (secondary N) is 1. The summed E-state index contributed by atoms with van der Waals surface area (Å²) < 4.78 is 31.2. The van der Waals surface area contributed by atoms with Crippen LogP contribution in [0.25, 0.3) is 10.8 Å². The Morgan fingerprint density at radius 3 is 2.59 bits per heavy atom. The van der Waals surface area contributed by atoms with Crippen LogP contribution >= 0.6 is 0 Å². The first-order valence-electron chi connectivity index (χ1n) is 8.97. The number of nitrogens with zero attached hydrogens (tertiary/aromatic N) is 2. The van der Waals surface area contributed by atoms with Crippen molar-refractivity contribution in [2.75, 3.05) is 56.5 Å². The van der Waals surface area contributed by atoms with Gasteiger partial charge in [-0.1, -0.05) is 36.4 Å². The van der Waals surface area contributed by atoms with Gasteiger partial charge < -0.3 is 10.1 Å². The Hall–Kier alpha value is -2.16. The topological polar surface area (TPSA) is 79.0 Å². The van der Waals surface area contributed by atoms with Crippen LogP contribution in [0.3, 0.4) is 0 Å². The van der Waals surface area contributed by atoms with Crippen LogP contribution in [-0.2, 0) is 19.6 Å². The van der Waals surface area contributed by atoms with Gasteiger partial charge in [-0.05, 0) is 11.5 Å². The molecule has 27 heavy (non-hydrogen) atoms. The van der Waals surface area contributed by atoms with E-state index in [4.69, 9.17) is 4.74 Å². The number of rotatable bonds is 7. The Kier molecular flexibility index (Phi) is 6.30. The summed E-state index contributed by atoms with van der Waals surface area (Å²) in [6, 6.07) is 13.0. The third-order valence-electron chi connectivity index (χ3n) is 4.58. The van der Waals surface area contributed by atoms with Gasteiger partial charge in [0.25, 0.3) is 0 Å². The van der Waals surface area contributed by atoms with E-state index in [-0.39, 0.29) is 12.5 Å². The smallest absolute Gasteiger partial charge is 0.240 e. The van der Waals surface area contributed by atoms with E-state index < -0.39 is 10.0 Å². The highest BCUT2D eigenvalue weighted by atomic mass is 32.2. The zero-order chi connectivity index (χ0) is 19.3. The summed E-state index contributed by atoms with van der Waals surface area (Å²) in [4.78, 5) is 14.6. The van der Waals surface area contributed by atoms with Crippen LogP contribution in [0.1, 0.15) is 0 Å². The number of benzene rings is 2. The largest absolute Gasteiger partial charge is 0.379 e. The third-order valence-corrected chi connectivity index (χ3v) is 5.70. The summed E-state index contributed by atoms with van der Waals surface area (Å²) >= 11 is 0. The molecule has 0 aliphatic carbocycles. The lowest BCUT2D eigenvalue weighted by molar-refractivity contribution is -0.119.